The first-order valence-corrected chi connectivity index (χ1v) is 9.12. The minimum absolute atomic E-state index is 0.0443. The second-order valence-electron chi connectivity index (χ2n) is 7.20. The zero-order valence-electron chi connectivity index (χ0n) is 15.9. The second-order valence-corrected chi connectivity index (χ2v) is 7.20. The van der Waals surface area contributed by atoms with Gasteiger partial charge in [0.15, 0.2) is 5.78 Å². The van der Waals surface area contributed by atoms with Gasteiger partial charge in [-0.3, -0.25) is 9.59 Å². The van der Waals surface area contributed by atoms with Crippen molar-refractivity contribution in [1.29, 1.82) is 0 Å². The molecule has 0 fully saturated rings. The lowest BCUT2D eigenvalue weighted by atomic mass is 9.85. The van der Waals surface area contributed by atoms with E-state index in [4.69, 9.17) is 0 Å². The maximum Gasteiger partial charge on any atom is 0.226 e. The van der Waals surface area contributed by atoms with Crippen molar-refractivity contribution in [3.05, 3.63) is 76.2 Å². The van der Waals surface area contributed by atoms with Crippen LogP contribution in [-0.4, -0.2) is 21.5 Å². The Labute approximate surface area is 162 Å². The number of amides is 1. The van der Waals surface area contributed by atoms with Crippen molar-refractivity contribution in [3.8, 4) is 5.69 Å². The fraction of sp³-hybridized carbons (Fsp3) is 0.227. The van der Waals surface area contributed by atoms with Crippen LogP contribution in [0.3, 0.4) is 0 Å². The zero-order valence-corrected chi connectivity index (χ0v) is 15.9. The molecular formula is C22H20FN3O2. The number of halogens is 1. The van der Waals surface area contributed by atoms with E-state index in [-0.39, 0.29) is 18.1 Å². The van der Waals surface area contributed by atoms with Crippen molar-refractivity contribution in [2.24, 2.45) is 0 Å². The van der Waals surface area contributed by atoms with E-state index in [1.807, 2.05) is 39.0 Å². The van der Waals surface area contributed by atoms with Crippen molar-refractivity contribution >= 4 is 17.5 Å². The summed E-state index contributed by atoms with van der Waals surface area (Å²) in [6, 6.07) is 11.3. The average molecular weight is 377 g/mol. The molecule has 28 heavy (non-hydrogen) atoms. The Balaban J connectivity index is 1.82. The molecule has 2 aromatic carbocycles. The third-order valence-electron chi connectivity index (χ3n) is 5.28. The van der Waals surface area contributed by atoms with Gasteiger partial charge in [-0.1, -0.05) is 6.07 Å². The number of hydrogen-bond donors (Lipinski definition) is 1. The first-order valence-electron chi connectivity index (χ1n) is 9.12. The summed E-state index contributed by atoms with van der Waals surface area (Å²) >= 11 is 0. The highest BCUT2D eigenvalue weighted by Crippen LogP contribution is 2.38. The first kappa shape index (κ1) is 18.1. The molecular weight excluding hydrogens is 357 g/mol. The lowest BCUT2D eigenvalue weighted by molar-refractivity contribution is -0.116. The van der Waals surface area contributed by atoms with E-state index >= 15 is 0 Å². The van der Waals surface area contributed by atoms with E-state index in [1.165, 1.54) is 24.3 Å². The molecule has 0 aliphatic carbocycles. The summed E-state index contributed by atoms with van der Waals surface area (Å²) in [7, 11) is 0. The third kappa shape index (κ3) is 3.01. The minimum atomic E-state index is -0.644. The van der Waals surface area contributed by atoms with Gasteiger partial charge in [0.05, 0.1) is 17.3 Å². The van der Waals surface area contributed by atoms with E-state index in [9.17, 15) is 14.0 Å². The first-order chi connectivity index (χ1) is 13.3. The number of carbonyl (C=O) groups is 2. The van der Waals surface area contributed by atoms with Crippen LogP contribution < -0.4 is 5.32 Å². The number of ketones is 1. The van der Waals surface area contributed by atoms with E-state index in [0.29, 0.717) is 22.6 Å². The van der Waals surface area contributed by atoms with Gasteiger partial charge in [0.2, 0.25) is 5.91 Å². The molecule has 0 saturated carbocycles. The molecule has 1 aliphatic rings. The Hall–Kier alpha value is -3.28. The number of anilines is 1. The number of aryl methyl sites for hydroxylation is 3. The summed E-state index contributed by atoms with van der Waals surface area (Å²) in [5, 5.41) is 7.47. The summed E-state index contributed by atoms with van der Waals surface area (Å²) in [5.41, 5.74) is 4.88. The highest BCUT2D eigenvalue weighted by Gasteiger charge is 2.36. The van der Waals surface area contributed by atoms with Gasteiger partial charge < -0.3 is 5.32 Å². The number of carbonyl (C=O) groups excluding carboxylic acids is 2. The van der Waals surface area contributed by atoms with Crippen molar-refractivity contribution in [2.45, 2.75) is 33.1 Å². The van der Waals surface area contributed by atoms with Gasteiger partial charge in [0, 0.05) is 17.5 Å². The third-order valence-corrected chi connectivity index (χ3v) is 5.28. The number of aromatic nitrogens is 2. The molecule has 1 aromatic heterocycles. The summed E-state index contributed by atoms with van der Waals surface area (Å²) in [6.07, 6.45) is 0.0443. The maximum atomic E-state index is 13.2. The quantitative estimate of drug-likeness (QED) is 0.694. The smallest absolute Gasteiger partial charge is 0.226 e. The fourth-order valence-corrected chi connectivity index (χ4v) is 3.63. The van der Waals surface area contributed by atoms with Gasteiger partial charge in [-0.15, -0.1) is 0 Å². The van der Waals surface area contributed by atoms with E-state index in [0.717, 1.165) is 16.8 Å². The van der Waals surface area contributed by atoms with Gasteiger partial charge in [0.25, 0.3) is 0 Å². The predicted octanol–water partition coefficient (Wildman–Crippen LogP) is 4.25. The monoisotopic (exact) mass is 377 g/mol. The molecule has 5 nitrogen and oxygen atoms in total. The lowest BCUT2D eigenvalue weighted by Gasteiger charge is -2.23. The molecule has 0 saturated heterocycles. The topological polar surface area (TPSA) is 64.0 Å². The zero-order chi connectivity index (χ0) is 20.0. The molecule has 1 N–H and O–H groups in total. The number of fused-ring (bicyclic) bond motifs is 1. The highest BCUT2D eigenvalue weighted by atomic mass is 19.1. The van der Waals surface area contributed by atoms with E-state index in [1.54, 1.807) is 4.68 Å². The summed E-state index contributed by atoms with van der Waals surface area (Å²) in [4.78, 5) is 25.5. The Morgan fingerprint density at radius 3 is 2.50 bits per heavy atom. The van der Waals surface area contributed by atoms with E-state index in [2.05, 4.69) is 10.4 Å². The SMILES string of the molecule is Cc1ccc(-n2nc(C)c3c2NC(=O)CC3C(=O)c2ccc(F)cc2)cc1C. The number of hydrogen-bond acceptors (Lipinski definition) is 3. The summed E-state index contributed by atoms with van der Waals surface area (Å²) in [5.74, 6) is -0.971. The van der Waals surface area contributed by atoms with Crippen LogP contribution in [0.1, 0.15) is 45.1 Å². The molecule has 142 valence electrons. The van der Waals surface area contributed by atoms with Crippen LogP contribution in [-0.2, 0) is 4.79 Å². The van der Waals surface area contributed by atoms with Gasteiger partial charge in [-0.25, -0.2) is 9.07 Å². The number of nitrogens with zero attached hydrogens (tertiary/aromatic N) is 2. The molecule has 1 amide bonds. The van der Waals surface area contributed by atoms with Crippen LogP contribution >= 0.6 is 0 Å². The molecule has 2 heterocycles. The predicted molar refractivity (Wildman–Crippen MR) is 104 cm³/mol. The summed E-state index contributed by atoms with van der Waals surface area (Å²) < 4.78 is 14.9. The minimum Gasteiger partial charge on any atom is -0.310 e. The molecule has 0 radical (unpaired) electrons. The van der Waals surface area contributed by atoms with Crippen LogP contribution in [0, 0.1) is 26.6 Å². The Morgan fingerprint density at radius 1 is 1.11 bits per heavy atom. The number of nitrogens with one attached hydrogen (secondary N) is 1. The Kier molecular flexibility index (Phi) is 4.34. The van der Waals surface area contributed by atoms with Crippen molar-refractivity contribution < 1.29 is 14.0 Å². The molecule has 0 spiro atoms. The van der Waals surface area contributed by atoms with E-state index < -0.39 is 11.7 Å². The average Bonchev–Trinajstić information content (AvgIpc) is 3.00. The van der Waals surface area contributed by atoms with Crippen LogP contribution in [0.25, 0.3) is 5.69 Å². The van der Waals surface area contributed by atoms with Crippen molar-refractivity contribution in [2.75, 3.05) is 5.32 Å². The second kappa shape index (κ2) is 6.71. The normalized spacial score (nSPS) is 15.9. The fourth-order valence-electron chi connectivity index (χ4n) is 3.63. The van der Waals surface area contributed by atoms with Crippen molar-refractivity contribution in [1.82, 2.24) is 9.78 Å². The molecule has 1 unspecified atom stereocenters. The lowest BCUT2D eigenvalue weighted by Crippen LogP contribution is -2.28. The van der Waals surface area contributed by atoms with Crippen molar-refractivity contribution in [3.63, 3.8) is 0 Å². The Morgan fingerprint density at radius 2 is 1.82 bits per heavy atom. The van der Waals surface area contributed by atoms with Crippen LogP contribution in [0.2, 0.25) is 0 Å². The number of rotatable bonds is 3. The van der Waals surface area contributed by atoms with Gasteiger partial charge in [-0.2, -0.15) is 5.10 Å². The molecule has 0 bridgehead atoms. The van der Waals surface area contributed by atoms with Gasteiger partial charge >= 0.3 is 0 Å². The maximum absolute atomic E-state index is 13.2. The molecule has 1 atom stereocenters. The van der Waals surface area contributed by atoms with Gasteiger partial charge in [-0.05, 0) is 68.3 Å². The molecule has 3 aromatic rings. The van der Waals surface area contributed by atoms with Crippen LogP contribution in [0.15, 0.2) is 42.5 Å². The molecule has 4 rings (SSSR count). The van der Waals surface area contributed by atoms with Gasteiger partial charge in [0.1, 0.15) is 11.6 Å². The Bertz CT molecular complexity index is 1100. The van der Waals surface area contributed by atoms with Crippen LogP contribution in [0.5, 0.6) is 0 Å². The van der Waals surface area contributed by atoms with Crippen LogP contribution in [0.4, 0.5) is 10.2 Å². The number of Topliss-reactive ketones (excluding diaryl/α,β-unsaturated/α-hetero) is 1. The largest absolute Gasteiger partial charge is 0.310 e. The highest BCUT2D eigenvalue weighted by molar-refractivity contribution is 6.08. The standard InChI is InChI=1S/C22H20FN3O2/c1-12-4-9-17(10-13(12)2)26-22-20(14(3)25-26)18(11-19(27)24-22)21(28)15-5-7-16(23)8-6-15/h4-10,18H,11H2,1-3H3,(H,24,27). The summed E-state index contributed by atoms with van der Waals surface area (Å²) in [6.45, 7) is 5.88. The number of benzene rings is 2. The molecule has 6 heteroatoms. The molecule has 1 aliphatic heterocycles.